The number of rotatable bonds is 6. The van der Waals surface area contributed by atoms with E-state index in [-0.39, 0.29) is 5.60 Å². The van der Waals surface area contributed by atoms with E-state index in [4.69, 9.17) is 4.74 Å². The Balaban J connectivity index is 1.75. The average Bonchev–Trinajstić information content (AvgIpc) is 2.85. The van der Waals surface area contributed by atoms with Crippen LogP contribution in [-0.2, 0) is 4.74 Å². The SMILES string of the molecule is CCNC1CCCC1CCN1CCCC(C)(OC)C1. The maximum atomic E-state index is 5.69. The Hall–Kier alpha value is -0.120. The van der Waals surface area contributed by atoms with Crippen LogP contribution in [0.5, 0.6) is 0 Å². The molecule has 1 aliphatic carbocycles. The van der Waals surface area contributed by atoms with Crippen molar-refractivity contribution in [3.63, 3.8) is 0 Å². The van der Waals surface area contributed by atoms with Gasteiger partial charge in [0.15, 0.2) is 0 Å². The molecule has 19 heavy (non-hydrogen) atoms. The highest BCUT2D eigenvalue weighted by Gasteiger charge is 2.32. The highest BCUT2D eigenvalue weighted by atomic mass is 16.5. The zero-order valence-electron chi connectivity index (χ0n) is 13.1. The summed E-state index contributed by atoms with van der Waals surface area (Å²) in [5, 5.41) is 3.67. The van der Waals surface area contributed by atoms with Crippen molar-refractivity contribution in [2.75, 3.05) is 33.3 Å². The van der Waals surface area contributed by atoms with Crippen molar-refractivity contribution >= 4 is 0 Å². The van der Waals surface area contributed by atoms with E-state index in [1.807, 2.05) is 7.11 Å². The molecule has 2 rings (SSSR count). The van der Waals surface area contributed by atoms with Gasteiger partial charge in [-0.25, -0.2) is 0 Å². The lowest BCUT2D eigenvalue weighted by Gasteiger charge is -2.40. The molecule has 0 aromatic rings. The third-order valence-electron chi connectivity index (χ3n) is 5.17. The van der Waals surface area contributed by atoms with Crippen molar-refractivity contribution in [3.05, 3.63) is 0 Å². The zero-order valence-corrected chi connectivity index (χ0v) is 13.1. The number of nitrogens with zero attached hydrogens (tertiary/aromatic N) is 1. The molecule has 3 nitrogen and oxygen atoms in total. The summed E-state index contributed by atoms with van der Waals surface area (Å²) in [4.78, 5) is 2.62. The van der Waals surface area contributed by atoms with Crippen molar-refractivity contribution < 1.29 is 4.74 Å². The Morgan fingerprint density at radius 3 is 2.89 bits per heavy atom. The van der Waals surface area contributed by atoms with E-state index in [9.17, 15) is 0 Å². The molecule has 3 heteroatoms. The van der Waals surface area contributed by atoms with Crippen LogP contribution in [0, 0.1) is 5.92 Å². The molecule has 0 amide bonds. The first-order valence-corrected chi connectivity index (χ1v) is 8.18. The van der Waals surface area contributed by atoms with Gasteiger partial charge in [-0.3, -0.25) is 0 Å². The summed E-state index contributed by atoms with van der Waals surface area (Å²) >= 11 is 0. The van der Waals surface area contributed by atoms with E-state index in [0.717, 1.165) is 25.0 Å². The second-order valence-electron chi connectivity index (χ2n) is 6.68. The minimum Gasteiger partial charge on any atom is -0.377 e. The maximum Gasteiger partial charge on any atom is 0.0777 e. The number of ether oxygens (including phenoxy) is 1. The smallest absolute Gasteiger partial charge is 0.0777 e. The highest BCUT2D eigenvalue weighted by molar-refractivity contribution is 4.87. The van der Waals surface area contributed by atoms with Crippen molar-refractivity contribution in [1.29, 1.82) is 0 Å². The second-order valence-corrected chi connectivity index (χ2v) is 6.68. The summed E-state index contributed by atoms with van der Waals surface area (Å²) in [6, 6.07) is 0.781. The van der Waals surface area contributed by atoms with Crippen LogP contribution in [0.25, 0.3) is 0 Å². The summed E-state index contributed by atoms with van der Waals surface area (Å²) in [7, 11) is 1.86. The van der Waals surface area contributed by atoms with Crippen molar-refractivity contribution in [2.45, 2.75) is 64.0 Å². The van der Waals surface area contributed by atoms with Crippen LogP contribution in [0.15, 0.2) is 0 Å². The fraction of sp³-hybridized carbons (Fsp3) is 1.00. The minimum atomic E-state index is 0.0923. The Morgan fingerprint density at radius 2 is 2.16 bits per heavy atom. The number of methoxy groups -OCH3 is 1. The molecule has 2 aliphatic rings. The quantitative estimate of drug-likeness (QED) is 0.801. The van der Waals surface area contributed by atoms with Gasteiger partial charge in [0.05, 0.1) is 5.60 Å². The molecule has 3 unspecified atom stereocenters. The van der Waals surface area contributed by atoms with Crippen LogP contribution in [-0.4, -0.2) is 49.8 Å². The summed E-state index contributed by atoms with van der Waals surface area (Å²) in [6.45, 7) is 9.23. The molecular weight excluding hydrogens is 236 g/mol. The lowest BCUT2D eigenvalue weighted by molar-refractivity contribution is -0.0516. The van der Waals surface area contributed by atoms with Gasteiger partial charge in [-0.1, -0.05) is 13.3 Å². The topological polar surface area (TPSA) is 24.5 Å². The molecule has 0 radical (unpaired) electrons. The molecule has 2 fully saturated rings. The summed E-state index contributed by atoms with van der Waals surface area (Å²) in [5.74, 6) is 0.899. The van der Waals surface area contributed by atoms with Gasteiger partial charge in [0.25, 0.3) is 0 Å². The molecule has 112 valence electrons. The standard InChI is InChI=1S/C16H32N2O/c1-4-17-15-8-5-7-14(15)9-12-18-11-6-10-16(2,13-18)19-3/h14-15,17H,4-13H2,1-3H3. The largest absolute Gasteiger partial charge is 0.377 e. The number of likely N-dealkylation sites (tertiary alicyclic amines) is 1. The first kappa shape index (κ1) is 15.3. The number of hydrogen-bond donors (Lipinski definition) is 1. The molecule has 1 aliphatic heterocycles. The molecular formula is C16H32N2O. The minimum absolute atomic E-state index is 0.0923. The van der Waals surface area contributed by atoms with Gasteiger partial charge in [0.2, 0.25) is 0 Å². The highest BCUT2D eigenvalue weighted by Crippen LogP contribution is 2.30. The van der Waals surface area contributed by atoms with Crippen molar-refractivity contribution in [2.24, 2.45) is 5.92 Å². The average molecular weight is 268 g/mol. The van der Waals surface area contributed by atoms with Crippen molar-refractivity contribution in [1.82, 2.24) is 10.2 Å². The first-order chi connectivity index (χ1) is 9.17. The van der Waals surface area contributed by atoms with Crippen LogP contribution in [0.3, 0.4) is 0 Å². The Bertz CT molecular complexity index is 271. The lowest BCUT2D eigenvalue weighted by atomic mass is 9.93. The molecule has 0 aromatic heterocycles. The van der Waals surface area contributed by atoms with Crippen LogP contribution in [0.4, 0.5) is 0 Å². The van der Waals surface area contributed by atoms with Gasteiger partial charge >= 0.3 is 0 Å². The van der Waals surface area contributed by atoms with Gasteiger partial charge in [0, 0.05) is 19.7 Å². The molecule has 1 heterocycles. The van der Waals surface area contributed by atoms with Gasteiger partial charge in [0.1, 0.15) is 0 Å². The van der Waals surface area contributed by atoms with E-state index < -0.39 is 0 Å². The Kier molecular flexibility index (Phi) is 5.67. The maximum absolute atomic E-state index is 5.69. The molecule has 0 spiro atoms. The summed E-state index contributed by atoms with van der Waals surface area (Å²) < 4.78 is 5.69. The predicted octanol–water partition coefficient (Wildman–Crippen LogP) is 2.66. The molecule has 1 saturated carbocycles. The number of nitrogens with one attached hydrogen (secondary N) is 1. The van der Waals surface area contributed by atoms with Gasteiger partial charge in [-0.2, -0.15) is 0 Å². The van der Waals surface area contributed by atoms with E-state index in [1.54, 1.807) is 0 Å². The third kappa shape index (κ3) is 4.17. The summed E-state index contributed by atoms with van der Waals surface area (Å²) in [6.07, 6.45) is 8.08. The monoisotopic (exact) mass is 268 g/mol. The fourth-order valence-corrected chi connectivity index (χ4v) is 3.93. The van der Waals surface area contributed by atoms with E-state index in [2.05, 4.69) is 24.1 Å². The van der Waals surface area contributed by atoms with Crippen LogP contribution in [0.1, 0.15) is 52.4 Å². The molecule has 1 saturated heterocycles. The predicted molar refractivity (Wildman–Crippen MR) is 80.5 cm³/mol. The Morgan fingerprint density at radius 1 is 1.32 bits per heavy atom. The lowest BCUT2D eigenvalue weighted by Crippen LogP contribution is -2.48. The number of piperidine rings is 1. The van der Waals surface area contributed by atoms with Crippen molar-refractivity contribution in [3.8, 4) is 0 Å². The Labute approximate surface area is 119 Å². The van der Waals surface area contributed by atoms with E-state index in [1.165, 1.54) is 51.6 Å². The normalized spacial score (nSPS) is 36.8. The second kappa shape index (κ2) is 7.05. The zero-order chi connectivity index (χ0) is 13.7. The third-order valence-corrected chi connectivity index (χ3v) is 5.17. The first-order valence-electron chi connectivity index (χ1n) is 8.18. The molecule has 0 aromatic carbocycles. The van der Waals surface area contributed by atoms with Crippen LogP contribution >= 0.6 is 0 Å². The van der Waals surface area contributed by atoms with Gasteiger partial charge in [-0.15, -0.1) is 0 Å². The van der Waals surface area contributed by atoms with Crippen LogP contribution in [0.2, 0.25) is 0 Å². The fourth-order valence-electron chi connectivity index (χ4n) is 3.93. The van der Waals surface area contributed by atoms with Gasteiger partial charge < -0.3 is 15.0 Å². The van der Waals surface area contributed by atoms with E-state index in [0.29, 0.717) is 0 Å². The van der Waals surface area contributed by atoms with Gasteiger partial charge in [-0.05, 0) is 64.6 Å². The molecule has 3 atom stereocenters. The summed E-state index contributed by atoms with van der Waals surface area (Å²) in [5.41, 5.74) is 0.0923. The molecule has 0 bridgehead atoms. The molecule has 1 N–H and O–H groups in total. The number of hydrogen-bond acceptors (Lipinski definition) is 3. The van der Waals surface area contributed by atoms with E-state index >= 15 is 0 Å². The van der Waals surface area contributed by atoms with Crippen LogP contribution < -0.4 is 5.32 Å².